The Hall–Kier alpha value is -3.42. The van der Waals surface area contributed by atoms with Crippen LogP contribution in [0.25, 0.3) is 0 Å². The summed E-state index contributed by atoms with van der Waals surface area (Å²) in [5, 5.41) is 0. The molecule has 3 aromatic rings. The third-order valence-electron chi connectivity index (χ3n) is 6.99. The zero-order chi connectivity index (χ0) is 23.6. The molecule has 2 saturated heterocycles. The van der Waals surface area contributed by atoms with Gasteiger partial charge in [-0.1, -0.05) is 82.7 Å². The maximum atomic E-state index is 13.7. The van der Waals surface area contributed by atoms with Crippen molar-refractivity contribution < 1.29 is 23.9 Å². The molecule has 0 bridgehead atoms. The number of halogens is 1. The highest BCUT2D eigenvalue weighted by Gasteiger charge is 2.74. The van der Waals surface area contributed by atoms with Crippen molar-refractivity contribution in [3.8, 4) is 0 Å². The fraction of sp³-hybridized carbons (Fsp3) is 0.185. The number of rotatable bonds is 3. The normalized spacial score (nSPS) is 24.7. The van der Waals surface area contributed by atoms with E-state index >= 15 is 0 Å². The van der Waals surface area contributed by atoms with Crippen LogP contribution >= 0.6 is 15.9 Å². The molecular formula is C27H18BrNO5. The van der Waals surface area contributed by atoms with E-state index < -0.39 is 46.9 Å². The lowest BCUT2D eigenvalue weighted by atomic mass is 9.77. The molecule has 168 valence electrons. The molecule has 3 aromatic carbocycles. The lowest BCUT2D eigenvalue weighted by molar-refractivity contribution is -0.145. The van der Waals surface area contributed by atoms with E-state index in [2.05, 4.69) is 15.9 Å². The van der Waals surface area contributed by atoms with E-state index in [9.17, 15) is 19.2 Å². The summed E-state index contributed by atoms with van der Waals surface area (Å²) >= 11 is 3.40. The van der Waals surface area contributed by atoms with Gasteiger partial charge in [-0.15, -0.1) is 0 Å². The lowest BCUT2D eigenvalue weighted by Crippen LogP contribution is -2.50. The fourth-order valence-electron chi connectivity index (χ4n) is 5.45. The minimum Gasteiger partial charge on any atom is -0.349 e. The van der Waals surface area contributed by atoms with Gasteiger partial charge < -0.3 is 4.74 Å². The van der Waals surface area contributed by atoms with Gasteiger partial charge in [0.05, 0.1) is 24.5 Å². The summed E-state index contributed by atoms with van der Waals surface area (Å²) < 4.78 is 7.10. The highest BCUT2D eigenvalue weighted by atomic mass is 79.9. The number of benzene rings is 3. The van der Waals surface area contributed by atoms with Crippen LogP contribution in [0.3, 0.4) is 0 Å². The molecule has 1 spiro atoms. The number of nitrogens with zero attached hydrogens (tertiary/aromatic N) is 1. The van der Waals surface area contributed by atoms with Crippen LogP contribution in [-0.2, 0) is 20.9 Å². The van der Waals surface area contributed by atoms with Crippen LogP contribution in [0, 0.1) is 11.8 Å². The molecule has 0 aromatic heterocycles. The highest BCUT2D eigenvalue weighted by molar-refractivity contribution is 9.10. The smallest absolute Gasteiger partial charge is 0.237 e. The maximum absolute atomic E-state index is 13.7. The number of amides is 2. The topological polar surface area (TPSA) is 80.8 Å². The average molecular weight is 516 g/mol. The van der Waals surface area contributed by atoms with Gasteiger partial charge in [0.2, 0.25) is 29.0 Å². The summed E-state index contributed by atoms with van der Waals surface area (Å²) in [6.45, 7) is 0.0734. The largest absolute Gasteiger partial charge is 0.349 e. The SMILES string of the molecule is O=C1[C@@H]2[C@@H](c3ccc(Br)cc3)OC3(C(=O)c4ccccc4C3=O)[C@H]2C(=O)N1Cc1ccccc1. The molecular weight excluding hydrogens is 498 g/mol. The van der Waals surface area contributed by atoms with Gasteiger partial charge in [0.1, 0.15) is 0 Å². The van der Waals surface area contributed by atoms with E-state index in [4.69, 9.17) is 4.74 Å². The molecule has 1 aliphatic carbocycles. The molecule has 0 radical (unpaired) electrons. The third kappa shape index (κ3) is 2.77. The lowest BCUT2D eigenvalue weighted by Gasteiger charge is -2.27. The van der Waals surface area contributed by atoms with Crippen molar-refractivity contribution in [2.45, 2.75) is 18.2 Å². The fourth-order valence-corrected chi connectivity index (χ4v) is 5.72. The minimum absolute atomic E-state index is 0.0734. The molecule has 2 fully saturated rings. The number of imide groups is 1. The number of Topliss-reactive ketones (excluding diaryl/α,β-unsaturated/α-hetero) is 2. The van der Waals surface area contributed by atoms with Gasteiger partial charge in [0, 0.05) is 15.6 Å². The summed E-state index contributed by atoms with van der Waals surface area (Å²) in [5.74, 6) is -4.27. The maximum Gasteiger partial charge on any atom is 0.237 e. The minimum atomic E-state index is -2.04. The molecule has 6 nitrogen and oxygen atoms in total. The number of ketones is 2. The Morgan fingerprint density at radius 3 is 1.97 bits per heavy atom. The van der Waals surface area contributed by atoms with Crippen molar-refractivity contribution in [2.24, 2.45) is 11.8 Å². The number of ether oxygens (including phenoxy) is 1. The van der Waals surface area contributed by atoms with Gasteiger partial charge in [-0.3, -0.25) is 24.1 Å². The first kappa shape index (κ1) is 21.1. The zero-order valence-electron chi connectivity index (χ0n) is 17.8. The molecule has 34 heavy (non-hydrogen) atoms. The van der Waals surface area contributed by atoms with E-state index in [-0.39, 0.29) is 17.7 Å². The average Bonchev–Trinajstić information content (AvgIpc) is 3.41. The van der Waals surface area contributed by atoms with Crippen LogP contribution in [-0.4, -0.2) is 33.9 Å². The van der Waals surface area contributed by atoms with Gasteiger partial charge in [0.25, 0.3) is 0 Å². The number of likely N-dealkylation sites (tertiary alicyclic amines) is 1. The Morgan fingerprint density at radius 1 is 0.765 bits per heavy atom. The monoisotopic (exact) mass is 515 g/mol. The Morgan fingerprint density at radius 2 is 1.35 bits per heavy atom. The second-order valence-corrected chi connectivity index (χ2v) is 9.70. The summed E-state index contributed by atoms with van der Waals surface area (Å²) in [6.07, 6.45) is -0.905. The van der Waals surface area contributed by atoms with Crippen molar-refractivity contribution in [3.63, 3.8) is 0 Å². The second-order valence-electron chi connectivity index (χ2n) is 8.78. The van der Waals surface area contributed by atoms with E-state index in [1.54, 1.807) is 48.5 Å². The first-order valence-electron chi connectivity index (χ1n) is 10.9. The van der Waals surface area contributed by atoms with Crippen molar-refractivity contribution in [1.29, 1.82) is 0 Å². The summed E-state index contributed by atoms with van der Waals surface area (Å²) in [5.41, 5.74) is -0.167. The Kier molecular flexibility index (Phi) is 4.69. The van der Waals surface area contributed by atoms with Gasteiger partial charge >= 0.3 is 0 Å². The molecule has 2 amide bonds. The Balaban J connectivity index is 1.49. The summed E-state index contributed by atoms with van der Waals surface area (Å²) in [7, 11) is 0. The quantitative estimate of drug-likeness (QED) is 0.386. The van der Waals surface area contributed by atoms with Crippen molar-refractivity contribution >= 4 is 39.3 Å². The van der Waals surface area contributed by atoms with E-state index in [1.807, 2.05) is 30.3 Å². The number of fused-ring (bicyclic) bond motifs is 3. The predicted octanol–water partition coefficient (Wildman–Crippen LogP) is 4.14. The van der Waals surface area contributed by atoms with Gasteiger partial charge in [-0.25, -0.2) is 0 Å². The molecule has 6 rings (SSSR count). The summed E-state index contributed by atoms with van der Waals surface area (Å²) in [4.78, 5) is 56.0. The Labute approximate surface area is 203 Å². The molecule has 7 heteroatoms. The first-order chi connectivity index (χ1) is 16.4. The van der Waals surface area contributed by atoms with Crippen LogP contribution in [0.2, 0.25) is 0 Å². The van der Waals surface area contributed by atoms with Crippen LogP contribution in [0.1, 0.15) is 37.9 Å². The van der Waals surface area contributed by atoms with Crippen molar-refractivity contribution in [2.75, 3.05) is 0 Å². The molecule has 0 saturated carbocycles. The third-order valence-corrected chi connectivity index (χ3v) is 7.52. The number of carbonyl (C=O) groups excluding carboxylic acids is 4. The molecule has 0 N–H and O–H groups in total. The Bertz CT molecular complexity index is 1330. The van der Waals surface area contributed by atoms with Gasteiger partial charge in [0.15, 0.2) is 0 Å². The number of carbonyl (C=O) groups is 4. The molecule has 3 atom stereocenters. The highest BCUT2D eigenvalue weighted by Crippen LogP contribution is 2.57. The van der Waals surface area contributed by atoms with Crippen LogP contribution in [0.4, 0.5) is 0 Å². The van der Waals surface area contributed by atoms with Crippen molar-refractivity contribution in [3.05, 3.63) is 106 Å². The second kappa shape index (κ2) is 7.55. The van der Waals surface area contributed by atoms with Crippen molar-refractivity contribution in [1.82, 2.24) is 4.90 Å². The first-order valence-corrected chi connectivity index (χ1v) is 11.7. The van der Waals surface area contributed by atoms with Gasteiger partial charge in [-0.05, 0) is 23.3 Å². The molecule has 2 aliphatic heterocycles. The number of hydrogen-bond donors (Lipinski definition) is 0. The predicted molar refractivity (Wildman–Crippen MR) is 125 cm³/mol. The molecule has 3 aliphatic rings. The van der Waals surface area contributed by atoms with Crippen LogP contribution in [0.15, 0.2) is 83.3 Å². The summed E-state index contributed by atoms with van der Waals surface area (Å²) in [6, 6.07) is 22.8. The van der Waals surface area contributed by atoms with E-state index in [0.29, 0.717) is 5.56 Å². The van der Waals surface area contributed by atoms with E-state index in [1.165, 1.54) is 4.90 Å². The van der Waals surface area contributed by atoms with Gasteiger partial charge in [-0.2, -0.15) is 0 Å². The number of hydrogen-bond acceptors (Lipinski definition) is 5. The van der Waals surface area contributed by atoms with Crippen LogP contribution < -0.4 is 0 Å². The standard InChI is InChI=1S/C27H18BrNO5/c28-17-12-10-16(11-13-17)22-20-21(26(33)29(25(20)32)14-15-6-2-1-3-7-15)27(34-22)23(30)18-8-4-5-9-19(18)24(27)31/h1-13,20-22H,14H2/t20-,21+,22+/m0/s1. The van der Waals surface area contributed by atoms with Crippen LogP contribution in [0.5, 0.6) is 0 Å². The molecule has 0 unspecified atom stereocenters. The molecule has 2 heterocycles. The van der Waals surface area contributed by atoms with E-state index in [0.717, 1.165) is 10.0 Å². The zero-order valence-corrected chi connectivity index (χ0v) is 19.4.